The van der Waals surface area contributed by atoms with E-state index in [9.17, 15) is 13.2 Å². The van der Waals surface area contributed by atoms with Gasteiger partial charge in [-0.1, -0.05) is 0 Å². The number of thiocarbonyl (C=S) groups is 1. The zero-order valence-electron chi connectivity index (χ0n) is 11.7. The molecule has 2 aromatic carbocycles. The maximum atomic E-state index is 13.9. The van der Waals surface area contributed by atoms with Crippen LogP contribution in [0.3, 0.4) is 0 Å². The zero-order valence-corrected chi connectivity index (χ0v) is 12.5. The van der Waals surface area contributed by atoms with Crippen molar-refractivity contribution in [3.05, 3.63) is 65.0 Å². The second kappa shape index (κ2) is 7.59. The highest BCUT2D eigenvalue weighted by molar-refractivity contribution is 7.80. The summed E-state index contributed by atoms with van der Waals surface area (Å²) in [6.07, 6.45) is 1.33. The van der Waals surface area contributed by atoms with E-state index in [0.29, 0.717) is 5.56 Å². The standard InChI is InChI=1S/C15H12F3N3OS/c16-11-3-2-10(12(17)6-11)8-22-14-4-1-9(5-13(14)18)7-20-21-15(19)23/h1-7H,8H2,(H3,19,21,23). The van der Waals surface area contributed by atoms with E-state index >= 15 is 0 Å². The van der Waals surface area contributed by atoms with Gasteiger partial charge >= 0.3 is 0 Å². The summed E-state index contributed by atoms with van der Waals surface area (Å²) in [5, 5.41) is 3.68. The predicted octanol–water partition coefficient (Wildman–Crippen LogP) is 2.85. The molecule has 0 aliphatic carbocycles. The first-order valence-electron chi connectivity index (χ1n) is 6.40. The van der Waals surface area contributed by atoms with Crippen molar-refractivity contribution < 1.29 is 17.9 Å². The molecule has 0 fully saturated rings. The van der Waals surface area contributed by atoms with E-state index in [4.69, 9.17) is 10.5 Å². The van der Waals surface area contributed by atoms with Crippen LogP contribution in [0.2, 0.25) is 0 Å². The van der Waals surface area contributed by atoms with Crippen LogP contribution in [-0.4, -0.2) is 11.3 Å². The summed E-state index contributed by atoms with van der Waals surface area (Å²) in [7, 11) is 0. The first-order valence-corrected chi connectivity index (χ1v) is 6.81. The Bertz CT molecular complexity index is 753. The van der Waals surface area contributed by atoms with Gasteiger partial charge in [0.2, 0.25) is 0 Å². The lowest BCUT2D eigenvalue weighted by molar-refractivity contribution is 0.284. The molecule has 0 spiro atoms. The Labute approximate surface area is 135 Å². The van der Waals surface area contributed by atoms with Crippen LogP contribution in [0.15, 0.2) is 41.5 Å². The molecule has 0 saturated heterocycles. The Hall–Kier alpha value is -2.61. The van der Waals surface area contributed by atoms with Crippen LogP contribution in [0.4, 0.5) is 13.2 Å². The lowest BCUT2D eigenvalue weighted by Crippen LogP contribution is -2.23. The van der Waals surface area contributed by atoms with Crippen molar-refractivity contribution in [1.82, 2.24) is 5.43 Å². The van der Waals surface area contributed by atoms with Crippen molar-refractivity contribution in [2.75, 3.05) is 0 Å². The first-order chi connectivity index (χ1) is 11.0. The summed E-state index contributed by atoms with van der Waals surface area (Å²) in [4.78, 5) is 0. The second-order valence-corrected chi connectivity index (χ2v) is 4.89. The molecule has 0 atom stereocenters. The molecule has 2 rings (SSSR count). The third-order valence-electron chi connectivity index (χ3n) is 2.74. The minimum atomic E-state index is -0.752. The van der Waals surface area contributed by atoms with E-state index in [-0.39, 0.29) is 23.0 Å². The third kappa shape index (κ3) is 4.96. The fourth-order valence-corrected chi connectivity index (χ4v) is 1.73. The molecular weight excluding hydrogens is 327 g/mol. The van der Waals surface area contributed by atoms with Crippen LogP contribution in [0.25, 0.3) is 0 Å². The second-order valence-electron chi connectivity index (χ2n) is 4.45. The predicted molar refractivity (Wildman–Crippen MR) is 84.6 cm³/mol. The van der Waals surface area contributed by atoms with E-state index in [0.717, 1.165) is 12.1 Å². The number of ether oxygens (including phenoxy) is 1. The summed E-state index contributed by atoms with van der Waals surface area (Å²) in [6, 6.07) is 7.19. The summed E-state index contributed by atoms with van der Waals surface area (Å²) in [6.45, 7) is -0.223. The van der Waals surface area contributed by atoms with Crippen molar-refractivity contribution in [1.29, 1.82) is 0 Å². The molecule has 120 valence electrons. The van der Waals surface area contributed by atoms with Gasteiger partial charge in [-0.05, 0) is 48.1 Å². The first kappa shape index (κ1) is 16.8. The Kier molecular flexibility index (Phi) is 5.53. The number of hydrogen-bond donors (Lipinski definition) is 2. The van der Waals surface area contributed by atoms with Crippen molar-refractivity contribution in [3.63, 3.8) is 0 Å². The lowest BCUT2D eigenvalue weighted by Gasteiger charge is -2.08. The van der Waals surface area contributed by atoms with Gasteiger partial charge in [-0.3, -0.25) is 5.43 Å². The van der Waals surface area contributed by atoms with Gasteiger partial charge in [-0.2, -0.15) is 5.10 Å². The quantitative estimate of drug-likeness (QED) is 0.500. The molecular formula is C15H12F3N3OS. The van der Waals surface area contributed by atoms with Crippen LogP contribution < -0.4 is 15.9 Å². The Morgan fingerprint density at radius 2 is 1.96 bits per heavy atom. The molecule has 0 aliphatic rings. The van der Waals surface area contributed by atoms with E-state index < -0.39 is 17.5 Å². The van der Waals surface area contributed by atoms with E-state index in [1.54, 1.807) is 6.07 Å². The van der Waals surface area contributed by atoms with Crippen molar-refractivity contribution >= 4 is 23.5 Å². The highest BCUT2D eigenvalue weighted by Gasteiger charge is 2.08. The van der Waals surface area contributed by atoms with Crippen LogP contribution in [0.5, 0.6) is 5.75 Å². The van der Waals surface area contributed by atoms with Gasteiger partial charge in [0.05, 0.1) is 6.21 Å². The summed E-state index contributed by atoms with van der Waals surface area (Å²) < 4.78 is 45.4. The molecule has 4 nitrogen and oxygen atoms in total. The zero-order chi connectivity index (χ0) is 16.8. The number of nitrogens with two attached hydrogens (primary N) is 1. The van der Waals surface area contributed by atoms with Crippen molar-refractivity contribution in [2.24, 2.45) is 10.8 Å². The fraction of sp³-hybridized carbons (Fsp3) is 0.0667. The maximum Gasteiger partial charge on any atom is 0.184 e. The summed E-state index contributed by atoms with van der Waals surface area (Å²) in [5.41, 5.74) is 8.10. The van der Waals surface area contributed by atoms with Crippen molar-refractivity contribution in [2.45, 2.75) is 6.61 Å². The number of hydrogen-bond acceptors (Lipinski definition) is 3. The Morgan fingerprint density at radius 1 is 1.17 bits per heavy atom. The largest absolute Gasteiger partial charge is 0.486 e. The fourth-order valence-electron chi connectivity index (χ4n) is 1.68. The molecule has 0 heterocycles. The topological polar surface area (TPSA) is 59.6 Å². The maximum absolute atomic E-state index is 13.9. The van der Waals surface area contributed by atoms with Gasteiger partial charge < -0.3 is 10.5 Å². The molecule has 0 bridgehead atoms. The van der Waals surface area contributed by atoms with E-state index in [1.807, 2.05) is 0 Å². The monoisotopic (exact) mass is 339 g/mol. The number of halogens is 3. The van der Waals surface area contributed by atoms with Crippen LogP contribution in [-0.2, 0) is 6.61 Å². The molecule has 3 N–H and O–H groups in total. The number of hydrazone groups is 1. The Morgan fingerprint density at radius 3 is 2.61 bits per heavy atom. The van der Waals surface area contributed by atoms with Crippen molar-refractivity contribution in [3.8, 4) is 5.75 Å². The normalized spacial score (nSPS) is 10.7. The minimum Gasteiger partial charge on any atom is -0.486 e. The SMILES string of the molecule is NC(=S)NN=Cc1ccc(OCc2ccc(F)cc2F)c(F)c1. The average Bonchev–Trinajstić information content (AvgIpc) is 2.47. The van der Waals surface area contributed by atoms with Gasteiger partial charge in [0.25, 0.3) is 0 Å². The number of benzene rings is 2. The van der Waals surface area contributed by atoms with Gasteiger partial charge in [0.1, 0.15) is 18.2 Å². The molecule has 0 amide bonds. The number of nitrogens with one attached hydrogen (secondary N) is 1. The van der Waals surface area contributed by atoms with Gasteiger partial charge in [-0.25, -0.2) is 13.2 Å². The Balaban J connectivity index is 2.03. The molecule has 0 unspecified atom stereocenters. The average molecular weight is 339 g/mol. The molecule has 8 heteroatoms. The smallest absolute Gasteiger partial charge is 0.184 e. The highest BCUT2D eigenvalue weighted by Crippen LogP contribution is 2.20. The number of rotatable bonds is 5. The molecule has 0 aromatic heterocycles. The van der Waals surface area contributed by atoms with E-state index in [2.05, 4.69) is 22.7 Å². The van der Waals surface area contributed by atoms with Crippen LogP contribution in [0.1, 0.15) is 11.1 Å². The molecule has 0 radical (unpaired) electrons. The van der Waals surface area contributed by atoms with Gasteiger partial charge in [0, 0.05) is 11.6 Å². The number of nitrogens with zero attached hydrogens (tertiary/aromatic N) is 1. The molecule has 0 saturated carbocycles. The molecule has 0 aliphatic heterocycles. The third-order valence-corrected chi connectivity index (χ3v) is 2.83. The summed E-state index contributed by atoms with van der Waals surface area (Å²) in [5.74, 6) is -2.15. The van der Waals surface area contributed by atoms with Crippen LogP contribution in [0, 0.1) is 17.5 Å². The van der Waals surface area contributed by atoms with Crippen LogP contribution >= 0.6 is 12.2 Å². The highest BCUT2D eigenvalue weighted by atomic mass is 32.1. The van der Waals surface area contributed by atoms with E-state index in [1.165, 1.54) is 24.4 Å². The minimum absolute atomic E-state index is 0.0111. The summed E-state index contributed by atoms with van der Waals surface area (Å²) >= 11 is 4.56. The van der Waals surface area contributed by atoms with Gasteiger partial charge in [0.15, 0.2) is 16.7 Å². The molecule has 23 heavy (non-hydrogen) atoms. The van der Waals surface area contributed by atoms with Gasteiger partial charge in [-0.15, -0.1) is 0 Å². The lowest BCUT2D eigenvalue weighted by atomic mass is 10.2. The molecule has 2 aromatic rings.